The quantitative estimate of drug-likeness (QED) is 0.730. The zero-order valence-corrected chi connectivity index (χ0v) is 15.4. The minimum absolute atomic E-state index is 0.173. The maximum absolute atomic E-state index is 12.6. The number of hydrogen-bond donors (Lipinski definition) is 0. The van der Waals surface area contributed by atoms with Crippen LogP contribution in [0.25, 0.3) is 0 Å². The van der Waals surface area contributed by atoms with Crippen LogP contribution < -0.4 is 0 Å². The lowest BCUT2D eigenvalue weighted by Gasteiger charge is -2.33. The topological polar surface area (TPSA) is 30.0 Å². The molecule has 3 heterocycles. The molecule has 126 valence electrons. The summed E-state index contributed by atoms with van der Waals surface area (Å²) in [7, 11) is 0. The van der Waals surface area contributed by atoms with Gasteiger partial charge >= 0.3 is 6.03 Å². The van der Waals surface area contributed by atoms with Gasteiger partial charge in [-0.25, -0.2) is 13.4 Å². The molecule has 0 radical (unpaired) electrons. The predicted octanol–water partition coefficient (Wildman–Crippen LogP) is 3.31. The average molecular weight is 345 g/mol. The van der Waals surface area contributed by atoms with E-state index in [4.69, 9.17) is 0 Å². The molecule has 0 aromatic carbocycles. The van der Waals surface area contributed by atoms with Crippen LogP contribution in [0.15, 0.2) is 0 Å². The second-order valence-electron chi connectivity index (χ2n) is 6.92. The number of carbonyl (C=O) groups is 1. The van der Waals surface area contributed by atoms with Crippen molar-refractivity contribution >= 4 is 30.3 Å². The monoisotopic (exact) mass is 344 g/mol. The number of nitrogens with zero attached hydrogens (tertiary/aromatic N) is 4. The summed E-state index contributed by atoms with van der Waals surface area (Å²) in [5, 5.41) is 0. The number of amides is 2. The van der Waals surface area contributed by atoms with Crippen molar-refractivity contribution in [1.82, 2.24) is 17.2 Å². The van der Waals surface area contributed by atoms with Crippen LogP contribution in [0.1, 0.15) is 39.5 Å². The molecule has 3 fully saturated rings. The molecule has 0 aromatic rings. The van der Waals surface area contributed by atoms with E-state index in [9.17, 15) is 4.79 Å². The van der Waals surface area contributed by atoms with Crippen LogP contribution in [0.5, 0.6) is 0 Å². The van der Waals surface area contributed by atoms with Crippen LogP contribution in [-0.4, -0.2) is 62.5 Å². The van der Waals surface area contributed by atoms with Gasteiger partial charge in [-0.05, 0) is 37.5 Å². The summed E-state index contributed by atoms with van der Waals surface area (Å²) in [6.07, 6.45) is 5.14. The van der Waals surface area contributed by atoms with Crippen LogP contribution in [0.3, 0.4) is 0 Å². The van der Waals surface area contributed by atoms with E-state index in [2.05, 4.69) is 22.5 Å². The molecule has 3 aliphatic heterocycles. The zero-order chi connectivity index (χ0) is 15.5. The first-order valence-electron chi connectivity index (χ1n) is 8.57. The molecule has 5 nitrogen and oxygen atoms in total. The van der Waals surface area contributed by atoms with Gasteiger partial charge in [-0.3, -0.25) is 8.61 Å². The summed E-state index contributed by atoms with van der Waals surface area (Å²) >= 11 is 3.30. The first-order chi connectivity index (χ1) is 10.6. The average Bonchev–Trinajstić information content (AvgIpc) is 2.80. The molecule has 3 saturated heterocycles. The fourth-order valence-corrected chi connectivity index (χ4v) is 5.70. The van der Waals surface area contributed by atoms with Crippen molar-refractivity contribution in [3.8, 4) is 0 Å². The van der Waals surface area contributed by atoms with Gasteiger partial charge in [0.2, 0.25) is 0 Å². The molecule has 0 aromatic heterocycles. The van der Waals surface area contributed by atoms with Gasteiger partial charge in [-0.15, -0.1) is 0 Å². The number of urea groups is 1. The smallest absolute Gasteiger partial charge is 0.252 e. The van der Waals surface area contributed by atoms with E-state index in [1.807, 2.05) is 8.61 Å². The van der Waals surface area contributed by atoms with Gasteiger partial charge in [0.05, 0.1) is 13.1 Å². The molecule has 3 rings (SSSR count). The highest BCUT2D eigenvalue weighted by molar-refractivity contribution is 7.96. The van der Waals surface area contributed by atoms with Gasteiger partial charge in [0, 0.05) is 50.4 Å². The molecule has 0 aliphatic carbocycles. The minimum atomic E-state index is 0.173. The van der Waals surface area contributed by atoms with Crippen molar-refractivity contribution in [2.45, 2.75) is 39.5 Å². The summed E-state index contributed by atoms with van der Waals surface area (Å²) in [5.74, 6) is 1.50. The summed E-state index contributed by atoms with van der Waals surface area (Å²) in [6.45, 7) is 10.7. The highest BCUT2D eigenvalue weighted by atomic mass is 32.2. The Bertz CT molecular complexity index is 364. The maximum Gasteiger partial charge on any atom is 0.342 e. The van der Waals surface area contributed by atoms with Gasteiger partial charge in [0.1, 0.15) is 0 Å². The van der Waals surface area contributed by atoms with Crippen molar-refractivity contribution in [2.75, 3.05) is 39.3 Å². The number of carbonyl (C=O) groups excluding carboxylic acids is 1. The Kier molecular flexibility index (Phi) is 5.81. The molecule has 2 amide bonds. The summed E-state index contributed by atoms with van der Waals surface area (Å²) in [4.78, 5) is 12.6. The van der Waals surface area contributed by atoms with Gasteiger partial charge in [0.25, 0.3) is 0 Å². The Hall–Kier alpha value is -0.110. The van der Waals surface area contributed by atoms with E-state index in [0.717, 1.165) is 51.1 Å². The van der Waals surface area contributed by atoms with E-state index >= 15 is 0 Å². The molecule has 2 atom stereocenters. The fraction of sp³-hybridized carbons (Fsp3) is 0.933. The second kappa shape index (κ2) is 7.64. The van der Waals surface area contributed by atoms with Crippen LogP contribution in [-0.2, 0) is 0 Å². The van der Waals surface area contributed by atoms with Gasteiger partial charge in [-0.2, -0.15) is 0 Å². The van der Waals surface area contributed by atoms with Gasteiger partial charge < -0.3 is 0 Å². The van der Waals surface area contributed by atoms with Crippen molar-refractivity contribution in [3.63, 3.8) is 0 Å². The lowest BCUT2D eigenvalue weighted by Crippen LogP contribution is -2.36. The lowest BCUT2D eigenvalue weighted by molar-refractivity contribution is 0.223. The van der Waals surface area contributed by atoms with Crippen LogP contribution >= 0.6 is 24.3 Å². The van der Waals surface area contributed by atoms with Crippen molar-refractivity contribution in [1.29, 1.82) is 0 Å². The molecular weight excluding hydrogens is 316 g/mol. The Morgan fingerprint density at radius 1 is 0.818 bits per heavy atom. The highest BCUT2D eigenvalue weighted by Gasteiger charge is 2.34. The first-order valence-corrected chi connectivity index (χ1v) is 10.0. The summed E-state index contributed by atoms with van der Waals surface area (Å²) in [6, 6.07) is 0.173. The summed E-state index contributed by atoms with van der Waals surface area (Å²) < 4.78 is 8.61. The predicted molar refractivity (Wildman–Crippen MR) is 93.9 cm³/mol. The van der Waals surface area contributed by atoms with E-state index < -0.39 is 0 Å². The SMILES string of the molecule is CC1CCCN(SN2CCN(SN3CCCC(C)C3)C2=O)C1. The largest absolute Gasteiger partial charge is 0.342 e. The van der Waals surface area contributed by atoms with Gasteiger partial charge in [0.15, 0.2) is 0 Å². The minimum Gasteiger partial charge on any atom is -0.252 e. The fourth-order valence-electron chi connectivity index (χ4n) is 3.37. The number of rotatable bonds is 4. The standard InChI is InChI=1S/C15H28N4OS2/c1-13-5-3-7-16(11-13)21-18-9-10-19(15(18)20)22-17-8-4-6-14(2)12-17/h13-14H,3-12H2,1-2H3. The van der Waals surface area contributed by atoms with Crippen LogP contribution in [0, 0.1) is 11.8 Å². The van der Waals surface area contributed by atoms with Crippen molar-refractivity contribution < 1.29 is 4.79 Å². The molecular formula is C15H28N4OS2. The first kappa shape index (κ1) is 16.7. The Morgan fingerprint density at radius 3 is 1.68 bits per heavy atom. The van der Waals surface area contributed by atoms with E-state index in [-0.39, 0.29) is 6.03 Å². The number of hydrogen-bond acceptors (Lipinski definition) is 5. The van der Waals surface area contributed by atoms with Gasteiger partial charge in [-0.1, -0.05) is 13.8 Å². The molecule has 7 heteroatoms. The third kappa shape index (κ3) is 4.24. The molecule has 22 heavy (non-hydrogen) atoms. The molecule has 0 spiro atoms. The molecule has 3 aliphatic rings. The summed E-state index contributed by atoms with van der Waals surface area (Å²) in [5.41, 5.74) is 0. The van der Waals surface area contributed by atoms with Crippen molar-refractivity contribution in [3.05, 3.63) is 0 Å². The Labute approximate surface area is 143 Å². The van der Waals surface area contributed by atoms with E-state index in [0.29, 0.717) is 0 Å². The highest BCUT2D eigenvalue weighted by Crippen LogP contribution is 2.32. The lowest BCUT2D eigenvalue weighted by atomic mass is 10.0. The molecule has 0 N–H and O–H groups in total. The third-order valence-corrected chi connectivity index (χ3v) is 6.80. The zero-order valence-electron chi connectivity index (χ0n) is 13.7. The van der Waals surface area contributed by atoms with Crippen molar-refractivity contribution in [2.24, 2.45) is 11.8 Å². The van der Waals surface area contributed by atoms with E-state index in [1.165, 1.54) is 25.7 Å². The second-order valence-corrected chi connectivity index (χ2v) is 9.16. The van der Waals surface area contributed by atoms with E-state index in [1.54, 1.807) is 24.3 Å². The Morgan fingerprint density at radius 2 is 1.27 bits per heavy atom. The maximum atomic E-state index is 12.6. The van der Waals surface area contributed by atoms with Crippen LogP contribution in [0.4, 0.5) is 4.79 Å². The molecule has 0 bridgehead atoms. The number of piperidine rings is 2. The Balaban J connectivity index is 1.47. The normalized spacial score (nSPS) is 32.0. The molecule has 0 saturated carbocycles. The molecule has 2 unspecified atom stereocenters. The van der Waals surface area contributed by atoms with Crippen LogP contribution in [0.2, 0.25) is 0 Å². The third-order valence-electron chi connectivity index (χ3n) is 4.60.